The molecule has 2 rings (SSSR count). The summed E-state index contributed by atoms with van der Waals surface area (Å²) in [6, 6.07) is 0. The van der Waals surface area contributed by atoms with Crippen LogP contribution in [0.25, 0.3) is 0 Å². The number of rotatable bonds is 5. The van der Waals surface area contributed by atoms with Crippen molar-refractivity contribution >= 4 is 11.3 Å². The van der Waals surface area contributed by atoms with Crippen LogP contribution in [0.1, 0.15) is 56.1 Å². The molecule has 0 amide bonds. The van der Waals surface area contributed by atoms with Gasteiger partial charge in [0.15, 0.2) is 0 Å². The molecule has 0 bridgehead atoms. The molecule has 0 spiro atoms. The van der Waals surface area contributed by atoms with E-state index >= 15 is 0 Å². The average Bonchev–Trinajstić information content (AvgIpc) is 2.87. The maximum absolute atomic E-state index is 3.51. The summed E-state index contributed by atoms with van der Waals surface area (Å²) in [4.78, 5) is 0. The highest BCUT2D eigenvalue weighted by Gasteiger charge is 2.19. The fraction of sp³-hybridized carbons (Fsp3) is 0.692. The van der Waals surface area contributed by atoms with E-state index < -0.39 is 0 Å². The Kier molecular flexibility index (Phi) is 4.21. The smallest absolute Gasteiger partial charge is 0.0216 e. The van der Waals surface area contributed by atoms with Crippen LogP contribution in [0, 0.1) is 0 Å². The van der Waals surface area contributed by atoms with Gasteiger partial charge in [0, 0.05) is 6.54 Å². The van der Waals surface area contributed by atoms with Crippen molar-refractivity contribution in [3.63, 3.8) is 0 Å². The van der Waals surface area contributed by atoms with Crippen LogP contribution in [0.15, 0.2) is 10.8 Å². The third kappa shape index (κ3) is 2.82. The first-order valence-electron chi connectivity index (χ1n) is 6.17. The number of hydrogen-bond acceptors (Lipinski definition) is 2. The van der Waals surface area contributed by atoms with E-state index in [4.69, 9.17) is 0 Å². The lowest BCUT2D eigenvalue weighted by Gasteiger charge is -2.11. The maximum Gasteiger partial charge on any atom is 0.0216 e. The van der Waals surface area contributed by atoms with E-state index in [2.05, 4.69) is 23.0 Å². The Hall–Kier alpha value is -0.340. The molecule has 0 aliphatic heterocycles. The quantitative estimate of drug-likeness (QED) is 0.746. The summed E-state index contributed by atoms with van der Waals surface area (Å²) in [5.74, 6) is 0.870. The first-order chi connectivity index (χ1) is 7.42. The van der Waals surface area contributed by atoms with Gasteiger partial charge in [-0.1, -0.05) is 19.8 Å². The molecule has 1 heterocycles. The van der Waals surface area contributed by atoms with E-state index in [-0.39, 0.29) is 0 Å². The third-order valence-corrected chi connectivity index (χ3v) is 4.12. The second-order valence-electron chi connectivity index (χ2n) is 4.51. The van der Waals surface area contributed by atoms with E-state index in [0.717, 1.165) is 19.0 Å². The van der Waals surface area contributed by atoms with Crippen LogP contribution >= 0.6 is 11.3 Å². The number of thiophene rings is 1. The van der Waals surface area contributed by atoms with E-state index in [9.17, 15) is 0 Å². The molecule has 1 aromatic heterocycles. The molecule has 1 aromatic rings. The Bertz CT molecular complexity index is 286. The fourth-order valence-corrected chi connectivity index (χ4v) is 3.41. The Morgan fingerprint density at radius 2 is 2.13 bits per heavy atom. The maximum atomic E-state index is 3.51. The molecule has 1 aliphatic carbocycles. The van der Waals surface area contributed by atoms with Crippen molar-refractivity contribution in [1.29, 1.82) is 0 Å². The first kappa shape index (κ1) is 11.2. The largest absolute Gasteiger partial charge is 0.313 e. The molecule has 1 N–H and O–H groups in total. The standard InChI is InChI=1S/C13H21NS/c1-2-7-14-8-12-9-15-10-13(12)11-5-3-4-6-11/h9-11,14H,2-8H2,1H3. The summed E-state index contributed by atoms with van der Waals surface area (Å²) in [5, 5.41) is 8.21. The molecule has 1 saturated carbocycles. The fourth-order valence-electron chi connectivity index (χ4n) is 2.47. The Balaban J connectivity index is 1.95. The van der Waals surface area contributed by atoms with Crippen molar-refractivity contribution < 1.29 is 0 Å². The SMILES string of the molecule is CCCNCc1cscc1C1CCCC1. The summed E-state index contributed by atoms with van der Waals surface area (Å²) in [5.41, 5.74) is 3.20. The number of hydrogen-bond donors (Lipinski definition) is 1. The van der Waals surface area contributed by atoms with Crippen LogP contribution in [0.4, 0.5) is 0 Å². The molecule has 0 unspecified atom stereocenters. The monoisotopic (exact) mass is 223 g/mol. The normalized spacial score (nSPS) is 17.4. The highest BCUT2D eigenvalue weighted by atomic mass is 32.1. The van der Waals surface area contributed by atoms with Gasteiger partial charge in [0.05, 0.1) is 0 Å². The molecule has 0 atom stereocenters. The van der Waals surface area contributed by atoms with Crippen molar-refractivity contribution in [2.24, 2.45) is 0 Å². The molecular formula is C13H21NS. The van der Waals surface area contributed by atoms with E-state index in [0.29, 0.717) is 0 Å². The van der Waals surface area contributed by atoms with Gasteiger partial charge in [-0.05, 0) is 53.6 Å². The molecular weight excluding hydrogens is 202 g/mol. The van der Waals surface area contributed by atoms with Crippen molar-refractivity contribution in [1.82, 2.24) is 5.32 Å². The zero-order valence-electron chi connectivity index (χ0n) is 9.59. The van der Waals surface area contributed by atoms with Gasteiger partial charge in [-0.15, -0.1) is 0 Å². The zero-order chi connectivity index (χ0) is 10.5. The predicted octanol–water partition coefficient (Wildman–Crippen LogP) is 3.91. The summed E-state index contributed by atoms with van der Waals surface area (Å²) in [7, 11) is 0. The minimum atomic E-state index is 0.870. The lowest BCUT2D eigenvalue weighted by molar-refractivity contribution is 0.656. The molecule has 1 aliphatic rings. The van der Waals surface area contributed by atoms with E-state index in [1.807, 2.05) is 11.3 Å². The second-order valence-corrected chi connectivity index (χ2v) is 5.25. The van der Waals surface area contributed by atoms with Crippen molar-refractivity contribution in [2.45, 2.75) is 51.5 Å². The van der Waals surface area contributed by atoms with Gasteiger partial charge in [0.1, 0.15) is 0 Å². The van der Waals surface area contributed by atoms with E-state index in [1.165, 1.54) is 32.1 Å². The van der Waals surface area contributed by atoms with Gasteiger partial charge in [0.2, 0.25) is 0 Å². The van der Waals surface area contributed by atoms with Gasteiger partial charge in [-0.2, -0.15) is 11.3 Å². The summed E-state index contributed by atoms with van der Waals surface area (Å²) < 4.78 is 0. The minimum Gasteiger partial charge on any atom is -0.313 e. The first-order valence-corrected chi connectivity index (χ1v) is 7.11. The number of nitrogens with one attached hydrogen (secondary N) is 1. The van der Waals surface area contributed by atoms with Gasteiger partial charge >= 0.3 is 0 Å². The van der Waals surface area contributed by atoms with E-state index in [1.54, 1.807) is 11.1 Å². The van der Waals surface area contributed by atoms with Crippen molar-refractivity contribution in [3.8, 4) is 0 Å². The lowest BCUT2D eigenvalue weighted by Crippen LogP contribution is -2.14. The summed E-state index contributed by atoms with van der Waals surface area (Å²) in [6.45, 7) is 4.43. The zero-order valence-corrected chi connectivity index (χ0v) is 10.4. The molecule has 0 radical (unpaired) electrons. The molecule has 84 valence electrons. The Labute approximate surface area is 96.9 Å². The van der Waals surface area contributed by atoms with Crippen LogP contribution < -0.4 is 5.32 Å². The average molecular weight is 223 g/mol. The lowest BCUT2D eigenvalue weighted by atomic mass is 9.97. The third-order valence-electron chi connectivity index (χ3n) is 3.31. The predicted molar refractivity (Wildman–Crippen MR) is 67.5 cm³/mol. The van der Waals surface area contributed by atoms with Gasteiger partial charge < -0.3 is 5.32 Å². The molecule has 1 nitrogen and oxygen atoms in total. The molecule has 1 fully saturated rings. The second kappa shape index (κ2) is 5.66. The van der Waals surface area contributed by atoms with Crippen LogP contribution in [0.5, 0.6) is 0 Å². The van der Waals surface area contributed by atoms with Crippen LogP contribution in [0.2, 0.25) is 0 Å². The van der Waals surface area contributed by atoms with Gasteiger partial charge in [0.25, 0.3) is 0 Å². The Morgan fingerprint density at radius 3 is 2.87 bits per heavy atom. The van der Waals surface area contributed by atoms with Gasteiger partial charge in [-0.3, -0.25) is 0 Å². The molecule has 15 heavy (non-hydrogen) atoms. The molecule has 0 aromatic carbocycles. The van der Waals surface area contributed by atoms with Gasteiger partial charge in [-0.25, -0.2) is 0 Å². The highest BCUT2D eigenvalue weighted by Crippen LogP contribution is 2.37. The molecule has 0 saturated heterocycles. The molecule has 2 heteroatoms. The van der Waals surface area contributed by atoms with Crippen LogP contribution in [-0.4, -0.2) is 6.54 Å². The van der Waals surface area contributed by atoms with Crippen LogP contribution in [-0.2, 0) is 6.54 Å². The Morgan fingerprint density at radius 1 is 1.33 bits per heavy atom. The minimum absolute atomic E-state index is 0.870. The van der Waals surface area contributed by atoms with Crippen LogP contribution in [0.3, 0.4) is 0 Å². The summed E-state index contributed by atoms with van der Waals surface area (Å²) in [6.07, 6.45) is 6.92. The topological polar surface area (TPSA) is 12.0 Å². The highest BCUT2D eigenvalue weighted by molar-refractivity contribution is 7.08. The van der Waals surface area contributed by atoms with Crippen molar-refractivity contribution in [2.75, 3.05) is 6.54 Å². The summed E-state index contributed by atoms with van der Waals surface area (Å²) >= 11 is 1.87. The van der Waals surface area contributed by atoms with Crippen molar-refractivity contribution in [3.05, 3.63) is 21.9 Å².